The molecular formula is C26H23N5O2S. The van der Waals surface area contributed by atoms with E-state index in [0.29, 0.717) is 33.8 Å². The predicted molar refractivity (Wildman–Crippen MR) is 134 cm³/mol. The number of thiophene rings is 1. The summed E-state index contributed by atoms with van der Waals surface area (Å²) in [6.45, 7) is 7.85. The van der Waals surface area contributed by atoms with Crippen LogP contribution < -0.4 is 10.1 Å². The van der Waals surface area contributed by atoms with Crippen molar-refractivity contribution in [3.05, 3.63) is 88.3 Å². The molecule has 0 fully saturated rings. The van der Waals surface area contributed by atoms with E-state index in [1.165, 1.54) is 11.3 Å². The summed E-state index contributed by atoms with van der Waals surface area (Å²) in [6.07, 6.45) is 0. The largest absolute Gasteiger partial charge is 0.439 e. The van der Waals surface area contributed by atoms with Crippen molar-refractivity contribution < 1.29 is 9.53 Å². The fraction of sp³-hybridized carbons (Fsp3) is 0.154. The molecule has 0 saturated carbocycles. The molecule has 0 radical (unpaired) electrons. The van der Waals surface area contributed by atoms with Crippen LogP contribution in [0, 0.1) is 27.7 Å². The molecule has 0 aliphatic rings. The predicted octanol–water partition coefficient (Wildman–Crippen LogP) is 6.16. The molecule has 0 atom stereocenters. The molecule has 5 aromatic rings. The van der Waals surface area contributed by atoms with Gasteiger partial charge in [0.1, 0.15) is 11.6 Å². The molecule has 3 heterocycles. The SMILES string of the molecule is Cc1nc(Oc2ccc(NC(=O)c3cc4ccccc4s3)cc2)cc(-n2nc(C)c(C)c2C)n1. The van der Waals surface area contributed by atoms with Gasteiger partial charge in [0, 0.05) is 22.1 Å². The van der Waals surface area contributed by atoms with Crippen molar-refractivity contribution in [3.8, 4) is 17.4 Å². The highest BCUT2D eigenvalue weighted by atomic mass is 32.1. The molecule has 0 bridgehead atoms. The number of nitrogens with one attached hydrogen (secondary N) is 1. The monoisotopic (exact) mass is 469 g/mol. The van der Waals surface area contributed by atoms with Crippen molar-refractivity contribution in [2.45, 2.75) is 27.7 Å². The Morgan fingerprint density at radius 1 is 0.971 bits per heavy atom. The first-order chi connectivity index (χ1) is 16.4. The maximum Gasteiger partial charge on any atom is 0.265 e. The lowest BCUT2D eigenvalue weighted by molar-refractivity contribution is 0.103. The second-order valence-corrected chi connectivity index (χ2v) is 9.13. The van der Waals surface area contributed by atoms with Crippen LogP contribution in [0.3, 0.4) is 0 Å². The van der Waals surface area contributed by atoms with Gasteiger partial charge in [0.25, 0.3) is 5.91 Å². The van der Waals surface area contributed by atoms with Gasteiger partial charge in [0.2, 0.25) is 5.88 Å². The van der Waals surface area contributed by atoms with Gasteiger partial charge in [0.05, 0.1) is 10.6 Å². The maximum absolute atomic E-state index is 12.7. The molecule has 0 aliphatic carbocycles. The zero-order chi connectivity index (χ0) is 23.8. The third kappa shape index (κ3) is 4.27. The highest BCUT2D eigenvalue weighted by molar-refractivity contribution is 7.20. The summed E-state index contributed by atoms with van der Waals surface area (Å²) in [5.41, 5.74) is 3.81. The average molecular weight is 470 g/mol. The van der Waals surface area contributed by atoms with Crippen LogP contribution in [-0.2, 0) is 0 Å². The first kappa shape index (κ1) is 21.8. The summed E-state index contributed by atoms with van der Waals surface area (Å²) >= 11 is 1.48. The van der Waals surface area contributed by atoms with E-state index in [0.717, 1.165) is 27.0 Å². The summed E-state index contributed by atoms with van der Waals surface area (Å²) in [6, 6.07) is 18.8. The zero-order valence-electron chi connectivity index (χ0n) is 19.3. The Labute approximate surface area is 201 Å². The molecular weight excluding hydrogens is 446 g/mol. The van der Waals surface area contributed by atoms with Crippen LogP contribution in [0.15, 0.2) is 60.7 Å². The first-order valence-electron chi connectivity index (χ1n) is 10.8. The van der Waals surface area contributed by atoms with E-state index in [1.54, 1.807) is 35.0 Å². The molecule has 0 spiro atoms. The van der Waals surface area contributed by atoms with E-state index in [4.69, 9.17) is 4.74 Å². The Morgan fingerprint density at radius 2 is 1.74 bits per heavy atom. The van der Waals surface area contributed by atoms with Crippen molar-refractivity contribution in [3.63, 3.8) is 0 Å². The maximum atomic E-state index is 12.7. The summed E-state index contributed by atoms with van der Waals surface area (Å²) in [5, 5.41) is 8.59. The zero-order valence-corrected chi connectivity index (χ0v) is 20.1. The van der Waals surface area contributed by atoms with E-state index in [1.807, 2.05) is 58.0 Å². The number of hydrogen-bond acceptors (Lipinski definition) is 6. The number of carbonyl (C=O) groups excluding carboxylic acids is 1. The van der Waals surface area contributed by atoms with Crippen molar-refractivity contribution >= 4 is 33.0 Å². The smallest absolute Gasteiger partial charge is 0.265 e. The molecule has 1 amide bonds. The minimum absolute atomic E-state index is 0.133. The van der Waals surface area contributed by atoms with Crippen LogP contribution in [0.25, 0.3) is 15.9 Å². The molecule has 0 aliphatic heterocycles. The summed E-state index contributed by atoms with van der Waals surface area (Å²) in [7, 11) is 0. The van der Waals surface area contributed by atoms with Gasteiger partial charge < -0.3 is 10.1 Å². The second-order valence-electron chi connectivity index (χ2n) is 8.05. The van der Waals surface area contributed by atoms with Gasteiger partial charge in [-0.3, -0.25) is 4.79 Å². The van der Waals surface area contributed by atoms with E-state index >= 15 is 0 Å². The Kier molecular flexibility index (Phi) is 5.59. The number of aromatic nitrogens is 4. The van der Waals surface area contributed by atoms with Crippen molar-refractivity contribution in [1.82, 2.24) is 19.7 Å². The van der Waals surface area contributed by atoms with Gasteiger partial charge in [-0.2, -0.15) is 10.1 Å². The minimum atomic E-state index is -0.133. The molecule has 2 aromatic carbocycles. The van der Waals surface area contributed by atoms with E-state index in [9.17, 15) is 4.79 Å². The fourth-order valence-corrected chi connectivity index (χ4v) is 4.60. The van der Waals surface area contributed by atoms with Crippen molar-refractivity contribution in [2.75, 3.05) is 5.32 Å². The third-order valence-electron chi connectivity index (χ3n) is 5.65. The van der Waals surface area contributed by atoms with Crippen LogP contribution >= 0.6 is 11.3 Å². The van der Waals surface area contributed by atoms with E-state index in [2.05, 4.69) is 20.4 Å². The number of carbonyl (C=O) groups is 1. The molecule has 0 unspecified atom stereocenters. The fourth-order valence-electron chi connectivity index (χ4n) is 3.64. The number of hydrogen-bond donors (Lipinski definition) is 1. The number of amides is 1. The number of aryl methyl sites for hydroxylation is 2. The summed E-state index contributed by atoms with van der Waals surface area (Å²) in [4.78, 5) is 22.3. The number of anilines is 1. The topological polar surface area (TPSA) is 81.9 Å². The normalized spacial score (nSPS) is 11.1. The number of nitrogens with zero attached hydrogens (tertiary/aromatic N) is 4. The molecule has 5 rings (SSSR count). The Bertz CT molecular complexity index is 1490. The lowest BCUT2D eigenvalue weighted by atomic mass is 10.2. The van der Waals surface area contributed by atoms with Crippen LogP contribution in [0.4, 0.5) is 5.69 Å². The Hall–Kier alpha value is -4.04. The van der Waals surface area contributed by atoms with Crippen LogP contribution in [-0.4, -0.2) is 25.7 Å². The highest BCUT2D eigenvalue weighted by Gasteiger charge is 2.14. The number of fused-ring (bicyclic) bond motifs is 1. The second kappa shape index (κ2) is 8.72. The van der Waals surface area contributed by atoms with Gasteiger partial charge in [-0.15, -0.1) is 11.3 Å². The number of rotatable bonds is 5. The molecule has 7 nitrogen and oxygen atoms in total. The van der Waals surface area contributed by atoms with Gasteiger partial charge in [0.15, 0.2) is 5.82 Å². The highest BCUT2D eigenvalue weighted by Crippen LogP contribution is 2.27. The quantitative estimate of drug-likeness (QED) is 0.334. The van der Waals surface area contributed by atoms with Gasteiger partial charge in [-0.05, 0) is 75.0 Å². The molecule has 34 heavy (non-hydrogen) atoms. The van der Waals surface area contributed by atoms with E-state index in [-0.39, 0.29) is 5.91 Å². The van der Waals surface area contributed by atoms with Gasteiger partial charge in [-0.1, -0.05) is 18.2 Å². The standard InChI is InChI=1S/C26H23N5O2S/c1-15-16(2)30-31(17(15)3)24-14-25(28-18(4)27-24)33-21-11-9-20(10-12-21)29-26(32)23-13-19-7-5-6-8-22(19)34-23/h5-14H,1-4H3,(H,29,32). The molecule has 170 valence electrons. The van der Waals surface area contributed by atoms with Crippen molar-refractivity contribution in [1.29, 1.82) is 0 Å². The lowest BCUT2D eigenvalue weighted by Gasteiger charge is -2.10. The molecule has 8 heteroatoms. The Balaban J connectivity index is 1.31. The van der Waals surface area contributed by atoms with Crippen LogP contribution in [0.5, 0.6) is 11.6 Å². The van der Waals surface area contributed by atoms with Crippen LogP contribution in [0.1, 0.15) is 32.4 Å². The molecule has 3 aromatic heterocycles. The van der Waals surface area contributed by atoms with Gasteiger partial charge >= 0.3 is 0 Å². The number of benzene rings is 2. The molecule has 0 saturated heterocycles. The lowest BCUT2D eigenvalue weighted by Crippen LogP contribution is -2.09. The van der Waals surface area contributed by atoms with Gasteiger partial charge in [-0.25, -0.2) is 9.67 Å². The summed E-state index contributed by atoms with van der Waals surface area (Å²) < 4.78 is 8.87. The van der Waals surface area contributed by atoms with Crippen molar-refractivity contribution in [2.24, 2.45) is 0 Å². The number of ether oxygens (including phenoxy) is 1. The summed E-state index contributed by atoms with van der Waals surface area (Å²) in [5.74, 6) is 2.14. The Morgan fingerprint density at radius 3 is 2.44 bits per heavy atom. The average Bonchev–Trinajstić information content (AvgIpc) is 3.37. The van der Waals surface area contributed by atoms with Crippen LogP contribution in [0.2, 0.25) is 0 Å². The first-order valence-corrected chi connectivity index (χ1v) is 11.7. The minimum Gasteiger partial charge on any atom is -0.439 e. The third-order valence-corrected chi connectivity index (χ3v) is 6.77. The molecule has 1 N–H and O–H groups in total. The van der Waals surface area contributed by atoms with E-state index < -0.39 is 0 Å².